The molecule has 0 radical (unpaired) electrons. The highest BCUT2D eigenvalue weighted by Gasteiger charge is 2.38. The van der Waals surface area contributed by atoms with Crippen LogP contribution in [-0.2, 0) is 14.3 Å². The highest BCUT2D eigenvalue weighted by molar-refractivity contribution is 6.00. The first-order valence-electron chi connectivity index (χ1n) is 12.2. The van der Waals surface area contributed by atoms with Gasteiger partial charge in [-0.25, -0.2) is 4.39 Å². The Balaban J connectivity index is 1.81. The van der Waals surface area contributed by atoms with Gasteiger partial charge in [0.25, 0.3) is 0 Å². The molecule has 0 aromatic heterocycles. The summed E-state index contributed by atoms with van der Waals surface area (Å²) < 4.78 is 23.6. The van der Waals surface area contributed by atoms with E-state index in [0.717, 1.165) is 48.8 Å². The summed E-state index contributed by atoms with van der Waals surface area (Å²) in [5, 5.41) is 0. The second-order valence-corrected chi connectivity index (χ2v) is 9.00. The summed E-state index contributed by atoms with van der Waals surface area (Å²) >= 11 is 0. The molecule has 1 saturated heterocycles. The number of carbonyl (C=O) groups is 1. The Labute approximate surface area is 203 Å². The molecule has 1 aliphatic carbocycles. The van der Waals surface area contributed by atoms with Gasteiger partial charge >= 0.3 is 0 Å². The fraction of sp³-hybridized carbons (Fsp3) is 0.500. The van der Waals surface area contributed by atoms with E-state index in [4.69, 9.17) is 9.47 Å². The minimum atomic E-state index is -0.533. The molecule has 0 N–H and O–H groups in total. The molecule has 0 amide bonds. The van der Waals surface area contributed by atoms with Crippen molar-refractivity contribution in [3.63, 3.8) is 0 Å². The van der Waals surface area contributed by atoms with Crippen molar-refractivity contribution in [1.29, 1.82) is 0 Å². The molecule has 2 aliphatic heterocycles. The minimum absolute atomic E-state index is 0.0201. The lowest BCUT2D eigenvalue weighted by Gasteiger charge is -2.29. The molecule has 1 saturated carbocycles. The molecule has 0 aromatic carbocycles. The number of rotatable bonds is 12. The molecule has 3 aliphatic rings. The number of carbonyl (C=O) groups excluding carboxylic acids is 1. The van der Waals surface area contributed by atoms with E-state index in [9.17, 15) is 9.18 Å². The second-order valence-electron chi connectivity index (χ2n) is 9.00. The Morgan fingerprint density at radius 2 is 2.09 bits per heavy atom. The number of Topliss-reactive ketones (excluding diaryl/α,β-unsaturated/α-hetero) is 1. The fourth-order valence-corrected chi connectivity index (χ4v) is 4.47. The standard InChI is InChI=1S/C28H37FN2O3/c1-5-20(2)26(34-18-14-29)8-6-7-21(3)31-19-25(28(32)23-12-16-33-17-13-23)24(11-15-30-4)27(31)22-9-10-22/h5-6,8,11,15,21,23H,1,4,7,9-10,12-14,16-19H2,2-3H3/b8-6-,15-11-,26-20+. The third kappa shape index (κ3) is 6.44. The molecule has 184 valence electrons. The van der Waals surface area contributed by atoms with Crippen molar-refractivity contribution < 1.29 is 18.7 Å². The van der Waals surface area contributed by atoms with Gasteiger partial charge in [-0.3, -0.25) is 9.79 Å². The van der Waals surface area contributed by atoms with E-state index in [-0.39, 0.29) is 24.3 Å². The van der Waals surface area contributed by atoms with Gasteiger partial charge in [0.1, 0.15) is 19.0 Å². The van der Waals surface area contributed by atoms with Gasteiger partial charge in [-0.2, -0.15) is 0 Å². The second kappa shape index (κ2) is 12.7. The van der Waals surface area contributed by atoms with Crippen LogP contribution in [0.15, 0.2) is 75.8 Å². The number of alkyl halides is 1. The average Bonchev–Trinajstić information content (AvgIpc) is 3.64. The minimum Gasteiger partial charge on any atom is -0.491 e. The molecular weight excluding hydrogens is 431 g/mol. The first-order chi connectivity index (χ1) is 16.5. The van der Waals surface area contributed by atoms with E-state index < -0.39 is 6.67 Å². The van der Waals surface area contributed by atoms with E-state index in [1.54, 1.807) is 12.3 Å². The summed E-state index contributed by atoms with van der Waals surface area (Å²) in [4.78, 5) is 19.8. The molecule has 1 atom stereocenters. The van der Waals surface area contributed by atoms with E-state index in [2.05, 4.69) is 36.2 Å². The summed E-state index contributed by atoms with van der Waals surface area (Å²) in [6.45, 7) is 12.8. The van der Waals surface area contributed by atoms with E-state index in [1.165, 1.54) is 11.3 Å². The molecule has 34 heavy (non-hydrogen) atoms. The summed E-state index contributed by atoms with van der Waals surface area (Å²) in [5.41, 5.74) is 5.33. The zero-order valence-corrected chi connectivity index (χ0v) is 20.5. The average molecular weight is 469 g/mol. The number of ether oxygens (including phenoxy) is 2. The molecule has 3 rings (SSSR count). The van der Waals surface area contributed by atoms with Crippen LogP contribution in [0.25, 0.3) is 0 Å². The normalized spacial score (nSPS) is 20.9. The maximum atomic E-state index is 13.5. The van der Waals surface area contributed by atoms with E-state index in [1.807, 2.05) is 19.1 Å². The van der Waals surface area contributed by atoms with Gasteiger partial charge in [-0.15, -0.1) is 0 Å². The Morgan fingerprint density at radius 1 is 1.35 bits per heavy atom. The van der Waals surface area contributed by atoms with Gasteiger partial charge < -0.3 is 14.4 Å². The number of hydrogen-bond acceptors (Lipinski definition) is 5. The number of aliphatic imine (C=N–C) groups is 1. The monoisotopic (exact) mass is 468 g/mol. The topological polar surface area (TPSA) is 51.1 Å². The highest BCUT2D eigenvalue weighted by atomic mass is 19.1. The van der Waals surface area contributed by atoms with Crippen LogP contribution in [0.1, 0.15) is 46.0 Å². The Hall–Kier alpha value is -2.73. The predicted octanol–water partition coefficient (Wildman–Crippen LogP) is 5.64. The first-order valence-corrected chi connectivity index (χ1v) is 12.2. The molecule has 0 spiro atoms. The quantitative estimate of drug-likeness (QED) is 0.211. The van der Waals surface area contributed by atoms with Crippen LogP contribution in [0, 0.1) is 5.92 Å². The van der Waals surface area contributed by atoms with Gasteiger partial charge in [-0.05, 0) is 76.0 Å². The molecule has 0 aromatic rings. The number of allylic oxidation sites excluding steroid dienone is 5. The largest absolute Gasteiger partial charge is 0.491 e. The van der Waals surface area contributed by atoms with Gasteiger partial charge in [0.2, 0.25) is 0 Å². The molecular formula is C28H37FN2O3. The van der Waals surface area contributed by atoms with Crippen molar-refractivity contribution in [1.82, 2.24) is 4.90 Å². The Bertz CT molecular complexity index is 929. The third-order valence-electron chi connectivity index (χ3n) is 6.57. The lowest BCUT2D eigenvalue weighted by atomic mass is 9.89. The van der Waals surface area contributed by atoms with Crippen LogP contribution in [0.5, 0.6) is 0 Å². The maximum absolute atomic E-state index is 13.5. The van der Waals surface area contributed by atoms with Crippen LogP contribution < -0.4 is 0 Å². The zero-order chi connectivity index (χ0) is 24.5. The Morgan fingerprint density at radius 3 is 2.71 bits per heavy atom. The van der Waals surface area contributed by atoms with Crippen LogP contribution in [0.4, 0.5) is 4.39 Å². The summed E-state index contributed by atoms with van der Waals surface area (Å²) in [5.74, 6) is 0.894. The lowest BCUT2D eigenvalue weighted by molar-refractivity contribution is -0.122. The van der Waals surface area contributed by atoms with E-state index in [0.29, 0.717) is 25.5 Å². The van der Waals surface area contributed by atoms with Crippen molar-refractivity contribution in [2.24, 2.45) is 10.9 Å². The fourth-order valence-electron chi connectivity index (χ4n) is 4.47. The SMILES string of the molecule is C=C/C(C)=C(\C=C/CC(C)N1CC(C(=O)C2CCOCC2)=C(/C=C\N=C)C1=C1CC1)OCCF. The third-order valence-corrected chi connectivity index (χ3v) is 6.57. The smallest absolute Gasteiger partial charge is 0.164 e. The summed E-state index contributed by atoms with van der Waals surface area (Å²) in [6, 6.07) is 0.172. The van der Waals surface area contributed by atoms with Crippen molar-refractivity contribution in [2.45, 2.75) is 52.0 Å². The van der Waals surface area contributed by atoms with Crippen molar-refractivity contribution in [2.75, 3.05) is 33.0 Å². The lowest BCUT2D eigenvalue weighted by Crippen LogP contribution is -2.32. The van der Waals surface area contributed by atoms with Gasteiger partial charge in [-0.1, -0.05) is 18.7 Å². The molecule has 2 heterocycles. The molecule has 1 unspecified atom stereocenters. The first kappa shape index (κ1) is 25.9. The van der Waals surface area contributed by atoms with Crippen LogP contribution >= 0.6 is 0 Å². The number of nitrogens with zero attached hydrogens (tertiary/aromatic N) is 2. The number of hydrogen-bond donors (Lipinski definition) is 0. The summed E-state index contributed by atoms with van der Waals surface area (Å²) in [7, 11) is 0. The predicted molar refractivity (Wildman–Crippen MR) is 135 cm³/mol. The molecule has 5 nitrogen and oxygen atoms in total. The molecule has 0 bridgehead atoms. The summed E-state index contributed by atoms with van der Waals surface area (Å²) in [6.07, 6.45) is 13.7. The number of ketones is 1. The number of halogens is 1. The van der Waals surface area contributed by atoms with Gasteiger partial charge in [0, 0.05) is 54.8 Å². The molecule has 6 heteroatoms. The van der Waals surface area contributed by atoms with Crippen molar-refractivity contribution in [3.8, 4) is 0 Å². The van der Waals surface area contributed by atoms with Gasteiger partial charge in [0.05, 0.1) is 0 Å². The maximum Gasteiger partial charge on any atom is 0.164 e. The molecule has 2 fully saturated rings. The van der Waals surface area contributed by atoms with Crippen LogP contribution in [-0.4, -0.2) is 56.5 Å². The highest BCUT2D eigenvalue weighted by Crippen LogP contribution is 2.43. The van der Waals surface area contributed by atoms with Crippen molar-refractivity contribution >= 4 is 12.5 Å². The van der Waals surface area contributed by atoms with Gasteiger partial charge in [0.15, 0.2) is 5.78 Å². The zero-order valence-electron chi connectivity index (χ0n) is 20.5. The van der Waals surface area contributed by atoms with Crippen LogP contribution in [0.2, 0.25) is 0 Å². The van der Waals surface area contributed by atoms with E-state index >= 15 is 0 Å². The Kier molecular flexibility index (Phi) is 9.63. The van der Waals surface area contributed by atoms with Crippen molar-refractivity contribution in [3.05, 3.63) is 70.8 Å². The van der Waals surface area contributed by atoms with Crippen LogP contribution in [0.3, 0.4) is 0 Å².